The lowest BCUT2D eigenvalue weighted by molar-refractivity contribution is -0.176. The Morgan fingerprint density at radius 3 is 2.78 bits per heavy atom. The van der Waals surface area contributed by atoms with Gasteiger partial charge in [0.25, 0.3) is 0 Å². The molecule has 1 aliphatic rings. The quantitative estimate of drug-likeness (QED) is 0.859. The topological polar surface area (TPSA) is 42.1 Å². The van der Waals surface area contributed by atoms with Gasteiger partial charge in [0.05, 0.1) is 16.6 Å². The molecule has 1 fully saturated rings. The number of nitrogen functional groups attached to an aromatic ring is 1. The Labute approximate surface area is 108 Å². The third kappa shape index (κ3) is 2.80. The van der Waals surface area contributed by atoms with Crippen molar-refractivity contribution in [1.29, 1.82) is 0 Å². The van der Waals surface area contributed by atoms with E-state index in [0.29, 0.717) is 29.5 Å². The zero-order valence-corrected chi connectivity index (χ0v) is 10.3. The molecule has 1 aromatic heterocycles. The Balaban J connectivity index is 2.18. The summed E-state index contributed by atoms with van der Waals surface area (Å²) in [4.78, 5) is 5.60. The maximum absolute atomic E-state index is 12.7. The zero-order valence-electron chi connectivity index (χ0n) is 9.54. The van der Waals surface area contributed by atoms with E-state index in [0.717, 1.165) is 0 Å². The molecule has 7 heteroatoms. The molecule has 1 aliphatic heterocycles. The van der Waals surface area contributed by atoms with Gasteiger partial charge in [0, 0.05) is 19.3 Å². The van der Waals surface area contributed by atoms with Crippen molar-refractivity contribution in [1.82, 2.24) is 4.98 Å². The predicted octanol–water partition coefficient (Wildman–Crippen LogP) is 3.10. The van der Waals surface area contributed by atoms with Crippen LogP contribution in [0.15, 0.2) is 12.3 Å². The van der Waals surface area contributed by atoms with Crippen molar-refractivity contribution >= 4 is 23.1 Å². The van der Waals surface area contributed by atoms with Gasteiger partial charge in [-0.25, -0.2) is 4.98 Å². The van der Waals surface area contributed by atoms with Crippen molar-refractivity contribution in [3.63, 3.8) is 0 Å². The van der Waals surface area contributed by atoms with E-state index in [9.17, 15) is 13.2 Å². The fourth-order valence-electron chi connectivity index (χ4n) is 2.15. The van der Waals surface area contributed by atoms with E-state index in [1.54, 1.807) is 4.90 Å². The van der Waals surface area contributed by atoms with Crippen LogP contribution in [0.3, 0.4) is 0 Å². The lowest BCUT2D eigenvalue weighted by atomic mass is 9.97. The van der Waals surface area contributed by atoms with Crippen molar-refractivity contribution < 1.29 is 13.2 Å². The van der Waals surface area contributed by atoms with Crippen LogP contribution in [0.2, 0.25) is 5.02 Å². The highest BCUT2D eigenvalue weighted by Gasteiger charge is 2.42. The van der Waals surface area contributed by atoms with Crippen LogP contribution in [-0.4, -0.2) is 24.2 Å². The second-order valence-corrected chi connectivity index (χ2v) is 4.83. The maximum atomic E-state index is 12.7. The van der Waals surface area contributed by atoms with Gasteiger partial charge in [0.1, 0.15) is 0 Å². The second kappa shape index (κ2) is 4.84. The average Bonchev–Trinajstić information content (AvgIpc) is 2.28. The number of pyridine rings is 1. The maximum Gasteiger partial charge on any atom is 0.393 e. The number of nitrogens with two attached hydrogens (primary N) is 1. The molecule has 2 heterocycles. The number of aromatic nitrogens is 1. The lowest BCUT2D eigenvalue weighted by Gasteiger charge is -2.34. The highest BCUT2D eigenvalue weighted by molar-refractivity contribution is 6.30. The van der Waals surface area contributed by atoms with Crippen molar-refractivity contribution in [3.8, 4) is 0 Å². The van der Waals surface area contributed by atoms with E-state index in [1.807, 2.05) is 0 Å². The van der Waals surface area contributed by atoms with Gasteiger partial charge in [-0.05, 0) is 18.9 Å². The molecular formula is C11H13ClF3N3. The number of hydrogen-bond acceptors (Lipinski definition) is 3. The van der Waals surface area contributed by atoms with E-state index in [1.165, 1.54) is 12.3 Å². The van der Waals surface area contributed by atoms with E-state index >= 15 is 0 Å². The smallest absolute Gasteiger partial charge is 0.393 e. The summed E-state index contributed by atoms with van der Waals surface area (Å²) in [6, 6.07) is 1.50. The first-order valence-corrected chi connectivity index (χ1v) is 5.98. The standard InChI is InChI=1S/C11H13ClF3N3/c12-8-4-9(16)10(17-5-8)18-3-1-2-7(6-18)11(13,14)15/h4-5,7H,1-3,6,16H2. The normalized spacial score (nSPS) is 21.1. The Kier molecular flexibility index (Phi) is 3.56. The fourth-order valence-corrected chi connectivity index (χ4v) is 2.31. The molecule has 0 saturated carbocycles. The van der Waals surface area contributed by atoms with Gasteiger partial charge in [-0.3, -0.25) is 0 Å². The van der Waals surface area contributed by atoms with Gasteiger partial charge in [0.15, 0.2) is 5.82 Å². The molecular weight excluding hydrogens is 267 g/mol. The average molecular weight is 280 g/mol. The monoisotopic (exact) mass is 279 g/mol. The number of nitrogens with zero attached hydrogens (tertiary/aromatic N) is 2. The summed E-state index contributed by atoms with van der Waals surface area (Å²) in [6.07, 6.45) is -2.13. The molecule has 1 saturated heterocycles. The van der Waals surface area contributed by atoms with Crippen LogP contribution >= 0.6 is 11.6 Å². The van der Waals surface area contributed by atoms with E-state index in [2.05, 4.69) is 4.98 Å². The lowest BCUT2D eigenvalue weighted by Crippen LogP contribution is -2.42. The Morgan fingerprint density at radius 1 is 1.44 bits per heavy atom. The van der Waals surface area contributed by atoms with Crippen LogP contribution in [0.4, 0.5) is 24.7 Å². The first-order chi connectivity index (χ1) is 8.38. The number of piperidine rings is 1. The molecule has 2 rings (SSSR count). The van der Waals surface area contributed by atoms with Crippen molar-refractivity contribution in [3.05, 3.63) is 17.3 Å². The van der Waals surface area contributed by atoms with Gasteiger partial charge < -0.3 is 10.6 Å². The molecule has 0 bridgehead atoms. The summed E-state index contributed by atoms with van der Waals surface area (Å²) in [7, 11) is 0. The molecule has 1 atom stereocenters. The highest BCUT2D eigenvalue weighted by Crippen LogP contribution is 2.35. The van der Waals surface area contributed by atoms with Crippen molar-refractivity contribution in [2.75, 3.05) is 23.7 Å². The van der Waals surface area contributed by atoms with Crippen molar-refractivity contribution in [2.24, 2.45) is 5.92 Å². The molecule has 0 radical (unpaired) electrons. The largest absolute Gasteiger partial charge is 0.396 e. The first kappa shape index (κ1) is 13.3. The first-order valence-electron chi connectivity index (χ1n) is 5.60. The van der Waals surface area contributed by atoms with Crippen LogP contribution in [-0.2, 0) is 0 Å². The highest BCUT2D eigenvalue weighted by atomic mass is 35.5. The molecule has 0 aliphatic carbocycles. The summed E-state index contributed by atoms with van der Waals surface area (Å²) in [5, 5.41) is 0.376. The van der Waals surface area contributed by atoms with Crippen LogP contribution in [0.5, 0.6) is 0 Å². The third-order valence-corrected chi connectivity index (χ3v) is 3.25. The number of halogens is 4. The van der Waals surface area contributed by atoms with Gasteiger partial charge in [-0.2, -0.15) is 13.2 Å². The number of anilines is 2. The minimum Gasteiger partial charge on any atom is -0.396 e. The van der Waals surface area contributed by atoms with Crippen LogP contribution in [0.25, 0.3) is 0 Å². The Bertz CT molecular complexity index is 436. The predicted molar refractivity (Wildman–Crippen MR) is 64.7 cm³/mol. The molecule has 1 aromatic rings. The van der Waals surface area contributed by atoms with E-state index < -0.39 is 12.1 Å². The summed E-state index contributed by atoms with van der Waals surface area (Å²) in [6.45, 7) is 0.438. The van der Waals surface area contributed by atoms with Crippen LogP contribution in [0, 0.1) is 5.92 Å². The summed E-state index contributed by atoms with van der Waals surface area (Å²) >= 11 is 5.72. The van der Waals surface area contributed by atoms with Gasteiger partial charge >= 0.3 is 6.18 Å². The van der Waals surface area contributed by atoms with Crippen LogP contribution in [0.1, 0.15) is 12.8 Å². The van der Waals surface area contributed by atoms with Gasteiger partial charge in [-0.15, -0.1) is 0 Å². The van der Waals surface area contributed by atoms with Gasteiger partial charge in [0.2, 0.25) is 0 Å². The van der Waals surface area contributed by atoms with Crippen molar-refractivity contribution in [2.45, 2.75) is 19.0 Å². The molecule has 0 spiro atoms. The Hall–Kier alpha value is -1.17. The fraction of sp³-hybridized carbons (Fsp3) is 0.545. The third-order valence-electron chi connectivity index (χ3n) is 3.05. The van der Waals surface area contributed by atoms with Gasteiger partial charge in [-0.1, -0.05) is 11.6 Å². The molecule has 18 heavy (non-hydrogen) atoms. The van der Waals surface area contributed by atoms with E-state index in [4.69, 9.17) is 17.3 Å². The summed E-state index contributed by atoms with van der Waals surface area (Å²) in [5.74, 6) is -0.934. The summed E-state index contributed by atoms with van der Waals surface area (Å²) in [5.41, 5.74) is 6.05. The number of rotatable bonds is 1. The van der Waals surface area contributed by atoms with Crippen LogP contribution < -0.4 is 10.6 Å². The van der Waals surface area contributed by atoms with E-state index in [-0.39, 0.29) is 13.0 Å². The summed E-state index contributed by atoms with van der Waals surface area (Å²) < 4.78 is 38.1. The molecule has 1 unspecified atom stereocenters. The molecule has 100 valence electrons. The molecule has 2 N–H and O–H groups in total. The Morgan fingerprint density at radius 2 is 2.17 bits per heavy atom. The minimum atomic E-state index is -4.17. The molecule has 0 amide bonds. The number of hydrogen-bond donors (Lipinski definition) is 1. The minimum absolute atomic E-state index is 0.0949. The molecule has 0 aromatic carbocycles. The SMILES string of the molecule is Nc1cc(Cl)cnc1N1CCCC(C(F)(F)F)C1. The number of alkyl halides is 3. The zero-order chi connectivity index (χ0) is 13.3. The second-order valence-electron chi connectivity index (χ2n) is 4.39. The molecule has 3 nitrogen and oxygen atoms in total.